The van der Waals surface area contributed by atoms with E-state index < -0.39 is 0 Å². The van der Waals surface area contributed by atoms with Crippen LogP contribution < -0.4 is 10.5 Å². The maximum atomic E-state index is 5.58. The lowest BCUT2D eigenvalue weighted by Crippen LogP contribution is -2.12. The van der Waals surface area contributed by atoms with Gasteiger partial charge in [-0.25, -0.2) is 4.68 Å². The molecule has 0 bridgehead atoms. The van der Waals surface area contributed by atoms with E-state index in [1.165, 1.54) is 6.20 Å². The lowest BCUT2D eigenvalue weighted by Gasteiger charge is -2.07. The summed E-state index contributed by atoms with van der Waals surface area (Å²) in [5.41, 5.74) is 6.97. The first kappa shape index (κ1) is 11.5. The van der Waals surface area contributed by atoms with Gasteiger partial charge >= 0.3 is 0 Å². The number of rotatable bonds is 3. The van der Waals surface area contributed by atoms with Crippen molar-refractivity contribution in [1.82, 2.24) is 20.0 Å². The van der Waals surface area contributed by atoms with Crippen LogP contribution in [-0.2, 0) is 7.05 Å². The van der Waals surface area contributed by atoms with Crippen molar-refractivity contribution in [2.24, 2.45) is 12.8 Å². The van der Waals surface area contributed by atoms with E-state index in [1.807, 2.05) is 6.92 Å². The smallest absolute Gasteiger partial charge is 0.250 e. The highest BCUT2D eigenvalue weighted by Gasteiger charge is 2.11. The Morgan fingerprint density at radius 2 is 2.29 bits per heavy atom. The van der Waals surface area contributed by atoms with Gasteiger partial charge in [0.2, 0.25) is 5.88 Å². The van der Waals surface area contributed by atoms with Gasteiger partial charge in [0.15, 0.2) is 0 Å². The minimum Gasteiger partial charge on any atom is -0.419 e. The zero-order valence-electron chi connectivity index (χ0n) is 9.41. The van der Waals surface area contributed by atoms with E-state index in [-0.39, 0.29) is 10.9 Å². The molecule has 2 rings (SSSR count). The van der Waals surface area contributed by atoms with Gasteiger partial charge in [-0.15, -0.1) is 5.10 Å². The number of thiocarbonyl (C=S) groups is 1. The predicted molar refractivity (Wildman–Crippen MR) is 65.9 cm³/mol. The molecule has 2 aromatic heterocycles. The first-order valence-electron chi connectivity index (χ1n) is 4.88. The van der Waals surface area contributed by atoms with Crippen LogP contribution in [0.15, 0.2) is 18.3 Å². The number of aromatic nitrogens is 4. The minimum absolute atomic E-state index is 0.216. The maximum Gasteiger partial charge on any atom is 0.250 e. The van der Waals surface area contributed by atoms with Crippen LogP contribution in [0, 0.1) is 6.92 Å². The van der Waals surface area contributed by atoms with Crippen molar-refractivity contribution in [1.29, 1.82) is 0 Å². The second-order valence-electron chi connectivity index (χ2n) is 3.46. The third-order valence-corrected chi connectivity index (χ3v) is 2.33. The molecule has 6 nitrogen and oxygen atoms in total. The second-order valence-corrected chi connectivity index (χ2v) is 3.90. The molecule has 2 aromatic rings. The lowest BCUT2D eigenvalue weighted by molar-refractivity contribution is 0.409. The molecule has 0 radical (unpaired) electrons. The highest BCUT2D eigenvalue weighted by molar-refractivity contribution is 7.80. The predicted octanol–water partition coefficient (Wildman–Crippen LogP) is 0.945. The Hall–Kier alpha value is -2.02. The summed E-state index contributed by atoms with van der Waals surface area (Å²) < 4.78 is 7.19. The molecule has 0 saturated carbocycles. The van der Waals surface area contributed by atoms with Crippen molar-refractivity contribution in [3.8, 4) is 11.8 Å². The molecule has 0 aromatic carbocycles. The fraction of sp³-hybridized carbons (Fsp3) is 0.200. The van der Waals surface area contributed by atoms with Crippen LogP contribution in [0.25, 0.3) is 0 Å². The van der Waals surface area contributed by atoms with Crippen LogP contribution in [0.5, 0.6) is 11.8 Å². The van der Waals surface area contributed by atoms with Gasteiger partial charge in [-0.05, 0) is 13.0 Å². The van der Waals surface area contributed by atoms with E-state index in [2.05, 4.69) is 15.3 Å². The van der Waals surface area contributed by atoms with Crippen molar-refractivity contribution >= 4 is 17.2 Å². The number of hydrogen-bond acceptors (Lipinski definition) is 5. The number of ether oxygens (including phenoxy) is 1. The second kappa shape index (κ2) is 4.46. The monoisotopic (exact) mass is 249 g/mol. The molecule has 7 heteroatoms. The van der Waals surface area contributed by atoms with Crippen molar-refractivity contribution in [2.75, 3.05) is 0 Å². The summed E-state index contributed by atoms with van der Waals surface area (Å²) in [5.74, 6) is 0.837. The Labute approximate surface area is 103 Å². The van der Waals surface area contributed by atoms with Gasteiger partial charge in [-0.3, -0.25) is 0 Å². The van der Waals surface area contributed by atoms with Gasteiger partial charge in [-0.2, -0.15) is 10.2 Å². The number of aryl methyl sites for hydroxylation is 2. The normalized spacial score (nSPS) is 10.2. The molecule has 0 fully saturated rings. The van der Waals surface area contributed by atoms with Crippen molar-refractivity contribution in [2.45, 2.75) is 6.92 Å². The molecule has 0 aliphatic heterocycles. The van der Waals surface area contributed by atoms with Gasteiger partial charge in [-0.1, -0.05) is 12.2 Å². The largest absolute Gasteiger partial charge is 0.419 e. The van der Waals surface area contributed by atoms with E-state index in [9.17, 15) is 0 Å². The number of hydrogen-bond donors (Lipinski definition) is 1. The van der Waals surface area contributed by atoms with Gasteiger partial charge in [0.05, 0.1) is 17.5 Å². The molecule has 2 heterocycles. The van der Waals surface area contributed by atoms with Crippen molar-refractivity contribution in [3.05, 3.63) is 29.6 Å². The number of nitrogens with zero attached hydrogens (tertiary/aromatic N) is 4. The van der Waals surface area contributed by atoms with Crippen LogP contribution in [0.4, 0.5) is 0 Å². The SMILES string of the molecule is Cc1cc(Oc2nnccc2C(N)=S)n(C)n1. The molecule has 0 aliphatic carbocycles. The fourth-order valence-corrected chi connectivity index (χ4v) is 1.52. The average molecular weight is 249 g/mol. The van der Waals surface area contributed by atoms with Gasteiger partial charge in [0.25, 0.3) is 5.88 Å². The van der Waals surface area contributed by atoms with E-state index in [4.69, 9.17) is 22.7 Å². The average Bonchev–Trinajstić information content (AvgIpc) is 2.58. The maximum absolute atomic E-state index is 5.58. The first-order valence-corrected chi connectivity index (χ1v) is 5.28. The number of nitrogens with two attached hydrogens (primary N) is 1. The molecule has 0 unspecified atom stereocenters. The summed E-state index contributed by atoms with van der Waals surface area (Å²) in [4.78, 5) is 0.216. The molecular weight excluding hydrogens is 238 g/mol. The van der Waals surface area contributed by atoms with Crippen LogP contribution in [0.1, 0.15) is 11.3 Å². The molecule has 0 saturated heterocycles. The zero-order valence-corrected chi connectivity index (χ0v) is 10.2. The van der Waals surface area contributed by atoms with Gasteiger partial charge < -0.3 is 10.5 Å². The molecule has 0 amide bonds. The Bertz CT molecular complexity index is 566. The van der Waals surface area contributed by atoms with Crippen LogP contribution in [-0.4, -0.2) is 25.0 Å². The highest BCUT2D eigenvalue weighted by Crippen LogP contribution is 2.22. The Kier molecular flexibility index (Phi) is 3.01. The highest BCUT2D eigenvalue weighted by atomic mass is 32.1. The molecule has 0 atom stereocenters. The lowest BCUT2D eigenvalue weighted by atomic mass is 10.3. The molecule has 17 heavy (non-hydrogen) atoms. The minimum atomic E-state index is 0.216. The van der Waals surface area contributed by atoms with Crippen LogP contribution in [0.2, 0.25) is 0 Å². The quantitative estimate of drug-likeness (QED) is 0.816. The van der Waals surface area contributed by atoms with Crippen molar-refractivity contribution in [3.63, 3.8) is 0 Å². The molecular formula is C10H11N5OS. The van der Waals surface area contributed by atoms with E-state index in [0.29, 0.717) is 11.4 Å². The Balaban J connectivity index is 2.36. The third kappa shape index (κ3) is 2.39. The Morgan fingerprint density at radius 3 is 2.88 bits per heavy atom. The Morgan fingerprint density at radius 1 is 1.53 bits per heavy atom. The topological polar surface area (TPSA) is 78.9 Å². The summed E-state index contributed by atoms with van der Waals surface area (Å²) in [7, 11) is 1.78. The van der Waals surface area contributed by atoms with Crippen molar-refractivity contribution < 1.29 is 4.74 Å². The molecule has 88 valence electrons. The van der Waals surface area contributed by atoms with E-state index in [1.54, 1.807) is 23.9 Å². The summed E-state index contributed by atoms with van der Waals surface area (Å²) in [6.07, 6.45) is 1.51. The molecule has 0 aliphatic rings. The molecule has 0 spiro atoms. The van der Waals surface area contributed by atoms with Crippen LogP contribution >= 0.6 is 12.2 Å². The van der Waals surface area contributed by atoms with Gasteiger partial charge in [0.1, 0.15) is 4.99 Å². The fourth-order valence-electron chi connectivity index (χ4n) is 1.36. The summed E-state index contributed by atoms with van der Waals surface area (Å²) in [5, 5.41) is 11.8. The summed E-state index contributed by atoms with van der Waals surface area (Å²) in [6.45, 7) is 1.87. The van der Waals surface area contributed by atoms with E-state index >= 15 is 0 Å². The zero-order chi connectivity index (χ0) is 12.4. The van der Waals surface area contributed by atoms with Gasteiger partial charge in [0, 0.05) is 13.1 Å². The van der Waals surface area contributed by atoms with E-state index in [0.717, 1.165) is 5.69 Å². The van der Waals surface area contributed by atoms with Crippen LogP contribution in [0.3, 0.4) is 0 Å². The molecule has 2 N–H and O–H groups in total. The standard InChI is InChI=1S/C10H11N5OS/c1-6-5-8(15(2)14-6)16-10-7(9(11)17)3-4-12-13-10/h3-5H,1-2H3,(H2,11,17). The summed E-state index contributed by atoms with van der Waals surface area (Å²) >= 11 is 4.91. The third-order valence-electron chi connectivity index (χ3n) is 2.11. The summed E-state index contributed by atoms with van der Waals surface area (Å²) in [6, 6.07) is 3.45. The first-order chi connectivity index (χ1) is 8.08.